The first-order valence-corrected chi connectivity index (χ1v) is 8.11. The topological polar surface area (TPSA) is 49.4 Å². The number of rotatable bonds is 4. The summed E-state index contributed by atoms with van der Waals surface area (Å²) in [5.74, 6) is -0.380. The lowest BCUT2D eigenvalue weighted by Crippen LogP contribution is -2.55. The van der Waals surface area contributed by atoms with Crippen LogP contribution in [0.25, 0.3) is 0 Å². The Morgan fingerprint density at radius 1 is 0.917 bits per heavy atom. The third kappa shape index (κ3) is 4.95. The summed E-state index contributed by atoms with van der Waals surface area (Å²) in [7, 11) is 0. The molecule has 4 nitrogen and oxygen atoms in total. The first kappa shape index (κ1) is 17.7. The maximum Gasteiger partial charge on any atom is 0.269 e. The molecule has 0 aliphatic heterocycles. The summed E-state index contributed by atoms with van der Waals surface area (Å²) < 4.78 is 0. The first-order valence-electron chi connectivity index (χ1n) is 8.11. The van der Waals surface area contributed by atoms with Gasteiger partial charge in [-0.2, -0.15) is 0 Å². The first-order chi connectivity index (χ1) is 11.4. The van der Waals surface area contributed by atoms with Crippen molar-refractivity contribution in [2.24, 2.45) is 0 Å². The van der Waals surface area contributed by atoms with E-state index in [1.807, 2.05) is 57.2 Å². The van der Waals surface area contributed by atoms with E-state index < -0.39 is 5.54 Å². The Morgan fingerprint density at radius 2 is 1.46 bits per heavy atom. The SMILES string of the molecule is CC(C)(C)N(NC(=O)c1ccccc1)C(=O)CCc1ccccc1. The van der Waals surface area contributed by atoms with Crippen LogP contribution in [0.1, 0.15) is 43.1 Å². The molecule has 0 heterocycles. The third-order valence-corrected chi connectivity index (χ3v) is 3.64. The quantitative estimate of drug-likeness (QED) is 0.874. The Labute approximate surface area is 143 Å². The van der Waals surface area contributed by atoms with Crippen molar-refractivity contribution in [3.05, 3.63) is 71.8 Å². The summed E-state index contributed by atoms with van der Waals surface area (Å²) in [5, 5.41) is 1.44. The second-order valence-corrected chi connectivity index (χ2v) is 6.69. The maximum absolute atomic E-state index is 12.6. The summed E-state index contributed by atoms with van der Waals surface area (Å²) in [5.41, 5.74) is 3.89. The third-order valence-electron chi connectivity index (χ3n) is 3.64. The fourth-order valence-electron chi connectivity index (χ4n) is 2.37. The Bertz CT molecular complexity index is 676. The lowest BCUT2D eigenvalue weighted by atomic mass is 10.1. The van der Waals surface area contributed by atoms with Crippen molar-refractivity contribution in [3.8, 4) is 0 Å². The van der Waals surface area contributed by atoms with Crippen LogP contribution in [0.15, 0.2) is 60.7 Å². The smallest absolute Gasteiger partial charge is 0.269 e. The molecule has 0 unspecified atom stereocenters. The van der Waals surface area contributed by atoms with Gasteiger partial charge in [0, 0.05) is 12.0 Å². The fourth-order valence-corrected chi connectivity index (χ4v) is 2.37. The molecule has 0 fully saturated rings. The molecule has 0 saturated carbocycles. The van der Waals surface area contributed by atoms with E-state index in [1.54, 1.807) is 24.3 Å². The standard InChI is InChI=1S/C20H24N2O2/c1-20(2,3)22(21-19(24)17-12-8-5-9-13-17)18(23)15-14-16-10-6-4-7-11-16/h4-13H,14-15H2,1-3H3,(H,21,24). The van der Waals surface area contributed by atoms with Crippen molar-refractivity contribution in [1.29, 1.82) is 0 Å². The molecular formula is C20H24N2O2. The van der Waals surface area contributed by atoms with E-state index in [0.29, 0.717) is 18.4 Å². The fraction of sp³-hybridized carbons (Fsp3) is 0.300. The number of amides is 2. The second-order valence-electron chi connectivity index (χ2n) is 6.69. The normalized spacial score (nSPS) is 11.0. The van der Waals surface area contributed by atoms with Gasteiger partial charge in [-0.25, -0.2) is 5.01 Å². The van der Waals surface area contributed by atoms with Gasteiger partial charge in [-0.1, -0.05) is 48.5 Å². The number of aryl methyl sites for hydroxylation is 1. The van der Waals surface area contributed by atoms with Gasteiger partial charge >= 0.3 is 0 Å². The van der Waals surface area contributed by atoms with Crippen LogP contribution in [0.4, 0.5) is 0 Å². The van der Waals surface area contributed by atoms with E-state index in [1.165, 1.54) is 5.01 Å². The Balaban J connectivity index is 2.05. The molecule has 1 N–H and O–H groups in total. The molecule has 0 aliphatic carbocycles. The number of benzene rings is 2. The molecule has 4 heteroatoms. The summed E-state index contributed by atoms with van der Waals surface area (Å²) in [4.78, 5) is 25.0. The minimum atomic E-state index is -0.502. The molecule has 2 amide bonds. The van der Waals surface area contributed by atoms with Gasteiger partial charge in [-0.05, 0) is 44.9 Å². The average Bonchev–Trinajstić information content (AvgIpc) is 2.58. The van der Waals surface area contributed by atoms with Crippen LogP contribution in [0.5, 0.6) is 0 Å². The highest BCUT2D eigenvalue weighted by molar-refractivity contribution is 5.95. The van der Waals surface area contributed by atoms with E-state index in [4.69, 9.17) is 0 Å². The van der Waals surface area contributed by atoms with Gasteiger partial charge in [-0.15, -0.1) is 0 Å². The van der Waals surface area contributed by atoms with E-state index in [0.717, 1.165) is 5.56 Å². The molecule has 2 rings (SSSR count). The minimum Gasteiger partial charge on any atom is -0.273 e. The van der Waals surface area contributed by atoms with Gasteiger partial charge < -0.3 is 0 Å². The van der Waals surface area contributed by atoms with Crippen molar-refractivity contribution in [3.63, 3.8) is 0 Å². The molecule has 0 atom stereocenters. The van der Waals surface area contributed by atoms with Crippen molar-refractivity contribution >= 4 is 11.8 Å². The number of hydrazine groups is 1. The summed E-state index contributed by atoms with van der Waals surface area (Å²) in [6, 6.07) is 18.8. The molecule has 0 saturated heterocycles. The second kappa shape index (κ2) is 7.77. The highest BCUT2D eigenvalue weighted by Gasteiger charge is 2.28. The van der Waals surface area contributed by atoms with Gasteiger partial charge in [0.1, 0.15) is 0 Å². The molecule has 0 aliphatic rings. The zero-order valence-corrected chi connectivity index (χ0v) is 14.5. The number of nitrogens with zero attached hydrogens (tertiary/aromatic N) is 1. The van der Waals surface area contributed by atoms with Crippen molar-refractivity contribution in [2.45, 2.75) is 39.2 Å². The number of hydrogen-bond donors (Lipinski definition) is 1. The number of carbonyl (C=O) groups excluding carboxylic acids is 2. The Hall–Kier alpha value is -2.62. The van der Waals surface area contributed by atoms with Crippen LogP contribution in [0.3, 0.4) is 0 Å². The molecular weight excluding hydrogens is 300 g/mol. The largest absolute Gasteiger partial charge is 0.273 e. The van der Waals surface area contributed by atoms with Crippen molar-refractivity contribution in [2.75, 3.05) is 0 Å². The number of hydrogen-bond acceptors (Lipinski definition) is 2. The van der Waals surface area contributed by atoms with Crippen LogP contribution in [0, 0.1) is 0 Å². The molecule has 0 radical (unpaired) electrons. The van der Waals surface area contributed by atoms with Crippen LogP contribution in [-0.2, 0) is 11.2 Å². The van der Waals surface area contributed by atoms with E-state index >= 15 is 0 Å². The average molecular weight is 324 g/mol. The van der Waals surface area contributed by atoms with Crippen LogP contribution < -0.4 is 5.43 Å². The minimum absolute atomic E-state index is 0.101. The number of carbonyl (C=O) groups is 2. The van der Waals surface area contributed by atoms with Crippen LogP contribution in [0.2, 0.25) is 0 Å². The van der Waals surface area contributed by atoms with E-state index in [2.05, 4.69) is 5.43 Å². The van der Waals surface area contributed by atoms with Crippen molar-refractivity contribution in [1.82, 2.24) is 10.4 Å². The Kier molecular flexibility index (Phi) is 5.74. The van der Waals surface area contributed by atoms with Gasteiger partial charge in [0.25, 0.3) is 5.91 Å². The summed E-state index contributed by atoms with van der Waals surface area (Å²) in [6.45, 7) is 5.70. The van der Waals surface area contributed by atoms with Gasteiger partial charge in [-0.3, -0.25) is 15.0 Å². The molecule has 0 aromatic heterocycles. The predicted molar refractivity (Wildman–Crippen MR) is 95.3 cm³/mol. The van der Waals surface area contributed by atoms with Crippen LogP contribution >= 0.6 is 0 Å². The van der Waals surface area contributed by atoms with Gasteiger partial charge in [0.15, 0.2) is 0 Å². The highest BCUT2D eigenvalue weighted by Crippen LogP contribution is 2.14. The molecule has 126 valence electrons. The lowest BCUT2D eigenvalue weighted by molar-refractivity contribution is -0.139. The zero-order valence-electron chi connectivity index (χ0n) is 14.5. The molecule has 0 bridgehead atoms. The lowest BCUT2D eigenvalue weighted by Gasteiger charge is -2.35. The highest BCUT2D eigenvalue weighted by atomic mass is 16.2. The summed E-state index contributed by atoms with van der Waals surface area (Å²) >= 11 is 0. The monoisotopic (exact) mass is 324 g/mol. The molecule has 24 heavy (non-hydrogen) atoms. The summed E-state index contributed by atoms with van der Waals surface area (Å²) in [6.07, 6.45) is 0.990. The van der Waals surface area contributed by atoms with E-state index in [9.17, 15) is 9.59 Å². The van der Waals surface area contributed by atoms with E-state index in [-0.39, 0.29) is 11.8 Å². The molecule has 2 aromatic carbocycles. The molecule has 0 spiro atoms. The van der Waals surface area contributed by atoms with Gasteiger partial charge in [0.05, 0.1) is 5.54 Å². The predicted octanol–water partition coefficient (Wildman–Crippen LogP) is 3.59. The maximum atomic E-state index is 12.6. The zero-order chi connectivity index (χ0) is 17.6. The number of nitrogens with one attached hydrogen (secondary N) is 1. The van der Waals surface area contributed by atoms with Gasteiger partial charge in [0.2, 0.25) is 5.91 Å². The van der Waals surface area contributed by atoms with Crippen LogP contribution in [-0.4, -0.2) is 22.4 Å². The van der Waals surface area contributed by atoms with Crippen molar-refractivity contribution < 1.29 is 9.59 Å². The Morgan fingerprint density at radius 3 is 2.00 bits per heavy atom. The molecule has 2 aromatic rings.